The van der Waals surface area contributed by atoms with Crippen molar-refractivity contribution in [1.82, 2.24) is 5.43 Å². The lowest BCUT2D eigenvalue weighted by Crippen LogP contribution is -2.30. The zero-order valence-electron chi connectivity index (χ0n) is 9.20. The molecule has 0 fully saturated rings. The predicted molar refractivity (Wildman–Crippen MR) is 73.7 cm³/mol. The van der Waals surface area contributed by atoms with E-state index in [9.17, 15) is 0 Å². The minimum atomic E-state index is 0. The van der Waals surface area contributed by atoms with Gasteiger partial charge in [-0.3, -0.25) is 5.43 Å². The number of hydrogen-bond acceptors (Lipinski definition) is 4. The van der Waals surface area contributed by atoms with Crippen LogP contribution in [0.4, 0.5) is 0 Å². The van der Waals surface area contributed by atoms with Crippen molar-refractivity contribution in [2.45, 2.75) is 13.8 Å². The number of halogens is 1. The molecule has 16 heavy (non-hydrogen) atoms. The number of nitrogens with zero attached hydrogens (tertiary/aromatic N) is 1. The van der Waals surface area contributed by atoms with E-state index in [0.717, 1.165) is 15.5 Å². The highest BCUT2D eigenvalue weighted by atomic mass is 35.5. The van der Waals surface area contributed by atoms with Crippen LogP contribution in [0.25, 0.3) is 11.6 Å². The molecule has 0 radical (unpaired) electrons. The van der Waals surface area contributed by atoms with Gasteiger partial charge in [-0.2, -0.15) is 0 Å². The van der Waals surface area contributed by atoms with Gasteiger partial charge in [0.1, 0.15) is 5.03 Å². The molecule has 3 N–H and O–H groups in total. The van der Waals surface area contributed by atoms with Crippen molar-refractivity contribution < 1.29 is 0 Å². The Bertz CT molecular complexity index is 551. The van der Waals surface area contributed by atoms with E-state index in [-0.39, 0.29) is 12.4 Å². The molecule has 1 heterocycles. The number of rotatable bonds is 0. The lowest BCUT2D eigenvalue weighted by atomic mass is 10.1. The lowest BCUT2D eigenvalue weighted by Gasteiger charge is -2.02. The second kappa shape index (κ2) is 4.80. The van der Waals surface area contributed by atoms with E-state index in [4.69, 9.17) is 5.73 Å². The Morgan fingerprint density at radius 2 is 2.06 bits per heavy atom. The van der Waals surface area contributed by atoms with Gasteiger partial charge in [0.25, 0.3) is 0 Å². The van der Waals surface area contributed by atoms with Crippen LogP contribution in [0, 0.1) is 13.8 Å². The molecule has 5 heteroatoms. The molecule has 86 valence electrons. The fraction of sp³-hybridized carbons (Fsp3) is 0.182. The first-order valence-corrected chi connectivity index (χ1v) is 5.47. The fourth-order valence-corrected chi connectivity index (χ4v) is 2.53. The monoisotopic (exact) mass is 255 g/mol. The highest BCUT2D eigenvalue weighted by molar-refractivity contribution is 8.21. The van der Waals surface area contributed by atoms with Gasteiger partial charge in [0, 0.05) is 5.22 Å². The van der Waals surface area contributed by atoms with Crippen LogP contribution in [0.3, 0.4) is 0 Å². The van der Waals surface area contributed by atoms with E-state index >= 15 is 0 Å². The molecule has 0 saturated heterocycles. The molecule has 0 amide bonds. The van der Waals surface area contributed by atoms with Crippen LogP contribution >= 0.6 is 24.2 Å². The average molecular weight is 256 g/mol. The van der Waals surface area contributed by atoms with Crippen molar-refractivity contribution in [3.63, 3.8) is 0 Å². The van der Waals surface area contributed by atoms with E-state index in [2.05, 4.69) is 43.1 Å². The molecule has 0 aromatic heterocycles. The topological polar surface area (TPSA) is 50.4 Å². The van der Waals surface area contributed by atoms with Crippen molar-refractivity contribution in [2.75, 3.05) is 0 Å². The maximum absolute atomic E-state index is 5.60. The maximum Gasteiger partial charge on any atom is 0.184 e. The third kappa shape index (κ3) is 2.33. The molecule has 0 atom stereocenters. The number of aryl methyl sites for hydroxylation is 2. The standard InChI is InChI=1S/C11H13N3S.ClH/c1-6-4-7(2)9(8(3)5-6)10-13-14-11(12)15-10;/h4-5,13H,2H2,1,3H3,(H2,12,14);1H. The number of thioether (sulfide) groups is 1. The summed E-state index contributed by atoms with van der Waals surface area (Å²) in [7, 11) is 0. The van der Waals surface area contributed by atoms with Gasteiger partial charge in [-0.25, -0.2) is 0 Å². The van der Waals surface area contributed by atoms with Gasteiger partial charge in [-0.1, -0.05) is 24.3 Å². The average Bonchev–Trinajstić information content (AvgIpc) is 2.49. The maximum atomic E-state index is 5.60. The quantitative estimate of drug-likeness (QED) is 0.720. The summed E-state index contributed by atoms with van der Waals surface area (Å²) in [5.74, 6) is 0. The minimum absolute atomic E-state index is 0. The molecule has 0 spiro atoms. The van der Waals surface area contributed by atoms with Crippen LogP contribution in [0.1, 0.15) is 11.1 Å². The molecular weight excluding hydrogens is 242 g/mol. The van der Waals surface area contributed by atoms with Crippen molar-refractivity contribution in [3.8, 4) is 0 Å². The molecular formula is C11H14ClN3S. The summed E-state index contributed by atoms with van der Waals surface area (Å²) >= 11 is 1.45. The fourth-order valence-electron chi connectivity index (χ4n) is 1.74. The molecule has 0 aliphatic carbocycles. The molecule has 0 saturated carbocycles. The highest BCUT2D eigenvalue weighted by Gasteiger charge is 2.11. The van der Waals surface area contributed by atoms with Crippen LogP contribution in [0.2, 0.25) is 0 Å². The van der Waals surface area contributed by atoms with E-state index in [1.807, 2.05) is 0 Å². The molecule has 1 aliphatic heterocycles. The van der Waals surface area contributed by atoms with Crippen molar-refractivity contribution in [1.29, 1.82) is 0 Å². The summed E-state index contributed by atoms with van der Waals surface area (Å²) in [6.45, 7) is 8.18. The van der Waals surface area contributed by atoms with E-state index in [0.29, 0.717) is 5.17 Å². The predicted octanol–water partition coefficient (Wildman–Crippen LogP) is 0.767. The largest absolute Gasteiger partial charge is 0.377 e. The van der Waals surface area contributed by atoms with Gasteiger partial charge in [0.15, 0.2) is 5.17 Å². The molecule has 1 aliphatic rings. The van der Waals surface area contributed by atoms with Gasteiger partial charge in [0.05, 0.1) is 0 Å². The van der Waals surface area contributed by atoms with Gasteiger partial charge >= 0.3 is 0 Å². The Kier molecular flexibility index (Phi) is 3.88. The summed E-state index contributed by atoms with van der Waals surface area (Å²) in [5.41, 5.74) is 10.9. The Balaban J connectivity index is 0.00000128. The normalized spacial score (nSPS) is 17.5. The number of nitrogens with two attached hydrogens (primary N) is 1. The zero-order valence-corrected chi connectivity index (χ0v) is 10.8. The van der Waals surface area contributed by atoms with Gasteiger partial charge in [0.2, 0.25) is 0 Å². The second-order valence-electron chi connectivity index (χ2n) is 3.61. The van der Waals surface area contributed by atoms with E-state index in [1.165, 1.54) is 22.9 Å². The summed E-state index contributed by atoms with van der Waals surface area (Å²) in [6.07, 6.45) is 0. The van der Waals surface area contributed by atoms with Crippen molar-refractivity contribution >= 4 is 40.9 Å². The SMILES string of the molecule is C=c1cc(C)cc(C)c1=C1NN=C(N)S1.Cl. The zero-order chi connectivity index (χ0) is 11.0. The van der Waals surface area contributed by atoms with Crippen LogP contribution in [0.5, 0.6) is 0 Å². The van der Waals surface area contributed by atoms with Crippen molar-refractivity contribution in [3.05, 3.63) is 33.7 Å². The molecule has 2 rings (SSSR count). The first-order chi connectivity index (χ1) is 7.08. The molecule has 1 aromatic rings. The Morgan fingerprint density at radius 3 is 2.56 bits per heavy atom. The Morgan fingerprint density at radius 1 is 1.38 bits per heavy atom. The third-order valence-corrected chi connectivity index (χ3v) is 3.06. The van der Waals surface area contributed by atoms with E-state index < -0.39 is 0 Å². The van der Waals surface area contributed by atoms with Crippen molar-refractivity contribution in [2.24, 2.45) is 10.8 Å². The molecule has 0 bridgehead atoms. The Hall–Kier alpha value is -1.13. The van der Waals surface area contributed by atoms with Crippen LogP contribution in [0.15, 0.2) is 17.2 Å². The molecule has 0 unspecified atom stereocenters. The smallest absolute Gasteiger partial charge is 0.184 e. The first kappa shape index (κ1) is 12.9. The number of hydrogen-bond donors (Lipinski definition) is 2. The second-order valence-corrected chi connectivity index (χ2v) is 4.64. The summed E-state index contributed by atoms with van der Waals surface area (Å²) in [4.78, 5) is 0. The molecule has 3 nitrogen and oxygen atoms in total. The first-order valence-electron chi connectivity index (χ1n) is 4.65. The van der Waals surface area contributed by atoms with E-state index in [1.54, 1.807) is 0 Å². The molecule has 1 aromatic carbocycles. The lowest BCUT2D eigenvalue weighted by molar-refractivity contribution is 1.02. The summed E-state index contributed by atoms with van der Waals surface area (Å²) in [5, 5.41) is 7.57. The number of amidine groups is 1. The van der Waals surface area contributed by atoms with Gasteiger partial charge in [-0.15, -0.1) is 17.5 Å². The number of hydrazone groups is 1. The number of benzene rings is 1. The minimum Gasteiger partial charge on any atom is -0.377 e. The summed E-state index contributed by atoms with van der Waals surface area (Å²) < 4.78 is 0. The van der Waals surface area contributed by atoms with Gasteiger partial charge < -0.3 is 5.73 Å². The van der Waals surface area contributed by atoms with Crippen LogP contribution in [-0.4, -0.2) is 5.17 Å². The Labute approximate surface area is 105 Å². The van der Waals surface area contributed by atoms with Crippen LogP contribution < -0.4 is 21.6 Å². The highest BCUT2D eigenvalue weighted by Crippen LogP contribution is 2.17. The van der Waals surface area contributed by atoms with Gasteiger partial charge in [-0.05, 0) is 36.4 Å². The number of nitrogens with one attached hydrogen (secondary N) is 1. The summed E-state index contributed by atoms with van der Waals surface area (Å²) in [6, 6.07) is 4.19. The van der Waals surface area contributed by atoms with Crippen LogP contribution in [-0.2, 0) is 0 Å². The third-order valence-electron chi connectivity index (χ3n) is 2.26.